The van der Waals surface area contributed by atoms with Gasteiger partial charge in [-0.3, -0.25) is 4.79 Å². The number of ether oxygens (including phenoxy) is 2. The van der Waals surface area contributed by atoms with E-state index in [0.29, 0.717) is 39.4 Å². The second kappa shape index (κ2) is 8.34. The molecule has 0 aliphatic carbocycles. The second-order valence-corrected chi connectivity index (χ2v) is 6.74. The van der Waals surface area contributed by atoms with Crippen molar-refractivity contribution in [2.75, 3.05) is 19.5 Å². The van der Waals surface area contributed by atoms with Crippen molar-refractivity contribution in [1.29, 1.82) is 0 Å². The van der Waals surface area contributed by atoms with Gasteiger partial charge >= 0.3 is 0 Å². The highest BCUT2D eigenvalue weighted by Crippen LogP contribution is 2.30. The van der Waals surface area contributed by atoms with E-state index >= 15 is 0 Å². The molecule has 2 aromatic carbocycles. The number of rotatable bonds is 6. The van der Waals surface area contributed by atoms with Crippen LogP contribution in [0.1, 0.15) is 10.5 Å². The number of furan rings is 1. The molecule has 0 saturated carbocycles. The van der Waals surface area contributed by atoms with E-state index in [-0.39, 0.29) is 5.69 Å². The van der Waals surface area contributed by atoms with E-state index < -0.39 is 5.91 Å². The lowest BCUT2D eigenvalue weighted by Crippen LogP contribution is -2.14. The van der Waals surface area contributed by atoms with Crippen molar-refractivity contribution in [2.45, 2.75) is 0 Å². The molecule has 4 rings (SSSR count). The van der Waals surface area contributed by atoms with Crippen LogP contribution in [0.4, 0.5) is 5.69 Å². The molecule has 0 aliphatic rings. The number of methoxy groups -OCH3 is 2. The predicted octanol–water partition coefficient (Wildman–Crippen LogP) is 5.06. The molecule has 0 radical (unpaired) electrons. The van der Waals surface area contributed by atoms with Gasteiger partial charge in [-0.25, -0.2) is 4.68 Å². The zero-order valence-electron chi connectivity index (χ0n) is 16.3. The zero-order valence-corrected chi connectivity index (χ0v) is 17.0. The number of benzene rings is 2. The summed E-state index contributed by atoms with van der Waals surface area (Å²) in [6, 6.07) is 17.5. The summed E-state index contributed by atoms with van der Waals surface area (Å²) in [6.45, 7) is 0. The normalized spacial score (nSPS) is 10.6. The second-order valence-electron chi connectivity index (χ2n) is 6.30. The Labute approximate surface area is 177 Å². The van der Waals surface area contributed by atoms with E-state index in [1.807, 2.05) is 12.1 Å². The average Bonchev–Trinajstić information content (AvgIpc) is 3.43. The Morgan fingerprint density at radius 3 is 2.63 bits per heavy atom. The van der Waals surface area contributed by atoms with Gasteiger partial charge in [0.25, 0.3) is 5.91 Å². The van der Waals surface area contributed by atoms with Crippen LogP contribution in [-0.2, 0) is 0 Å². The van der Waals surface area contributed by atoms with Crippen LogP contribution < -0.4 is 14.8 Å². The highest BCUT2D eigenvalue weighted by atomic mass is 35.5. The van der Waals surface area contributed by atoms with Crippen molar-refractivity contribution in [2.24, 2.45) is 0 Å². The fraction of sp³-hybridized carbons (Fsp3) is 0.0909. The van der Waals surface area contributed by atoms with Gasteiger partial charge in [-0.1, -0.05) is 17.7 Å². The maximum absolute atomic E-state index is 13.0. The summed E-state index contributed by atoms with van der Waals surface area (Å²) >= 11 is 6.14. The monoisotopic (exact) mass is 423 g/mol. The summed E-state index contributed by atoms with van der Waals surface area (Å²) in [7, 11) is 3.08. The van der Waals surface area contributed by atoms with Crippen molar-refractivity contribution < 1.29 is 18.7 Å². The largest absolute Gasteiger partial charge is 0.497 e. The number of carbonyl (C=O) groups excluding carboxylic acids is 1. The van der Waals surface area contributed by atoms with Crippen LogP contribution in [0, 0.1) is 0 Å². The molecule has 2 aromatic heterocycles. The van der Waals surface area contributed by atoms with Crippen molar-refractivity contribution in [3.63, 3.8) is 0 Å². The summed E-state index contributed by atoms with van der Waals surface area (Å²) in [5.74, 6) is 1.26. The van der Waals surface area contributed by atoms with Crippen LogP contribution in [0.2, 0.25) is 5.02 Å². The summed E-state index contributed by atoms with van der Waals surface area (Å²) in [4.78, 5) is 13.0. The van der Waals surface area contributed by atoms with E-state index in [1.165, 1.54) is 7.11 Å². The molecule has 0 unspecified atom stereocenters. The molecule has 0 atom stereocenters. The third kappa shape index (κ3) is 3.88. The smallest absolute Gasteiger partial charge is 0.276 e. The van der Waals surface area contributed by atoms with Gasteiger partial charge in [0, 0.05) is 17.2 Å². The van der Waals surface area contributed by atoms with Gasteiger partial charge < -0.3 is 19.2 Å². The number of aromatic nitrogens is 2. The number of carbonyl (C=O) groups is 1. The van der Waals surface area contributed by atoms with Crippen LogP contribution in [-0.4, -0.2) is 29.9 Å². The number of anilines is 1. The van der Waals surface area contributed by atoms with Gasteiger partial charge in [0.15, 0.2) is 11.5 Å². The number of nitrogens with zero attached hydrogens (tertiary/aromatic N) is 2. The van der Waals surface area contributed by atoms with Crippen molar-refractivity contribution in [3.05, 3.63) is 77.6 Å². The molecule has 0 spiro atoms. The molecule has 1 N–H and O–H groups in total. The number of hydrogen-bond acceptors (Lipinski definition) is 5. The minimum absolute atomic E-state index is 0.200. The van der Waals surface area contributed by atoms with Crippen molar-refractivity contribution >= 4 is 23.2 Å². The standard InChI is InChI=1S/C22H18ClN3O4/c1-28-16-8-9-20(29-2)17(12-16)24-22(27)18-13-19(21-7-4-10-30-21)26(25-18)15-6-3-5-14(23)11-15/h3-13H,1-2H3,(H,24,27). The van der Waals surface area contributed by atoms with Crippen molar-refractivity contribution in [3.8, 4) is 28.6 Å². The molecule has 152 valence electrons. The van der Waals surface area contributed by atoms with Crippen molar-refractivity contribution in [1.82, 2.24) is 9.78 Å². The molecular weight excluding hydrogens is 406 g/mol. The Hall–Kier alpha value is -3.71. The Bertz CT molecular complexity index is 1190. The first-order valence-electron chi connectivity index (χ1n) is 9.02. The maximum Gasteiger partial charge on any atom is 0.276 e. The SMILES string of the molecule is COc1ccc(OC)c(NC(=O)c2cc(-c3ccco3)n(-c3cccc(Cl)c3)n2)c1. The fourth-order valence-corrected chi connectivity index (χ4v) is 3.18. The molecule has 0 aliphatic heterocycles. The van der Waals surface area contributed by atoms with Crippen LogP contribution >= 0.6 is 11.6 Å². The molecule has 0 bridgehead atoms. The van der Waals surface area contributed by atoms with Gasteiger partial charge in [0.2, 0.25) is 0 Å². The molecule has 0 fully saturated rings. The third-order valence-electron chi connectivity index (χ3n) is 4.42. The molecule has 7 nitrogen and oxygen atoms in total. The predicted molar refractivity (Wildman–Crippen MR) is 114 cm³/mol. The maximum atomic E-state index is 13.0. The van der Waals surface area contributed by atoms with Crippen LogP contribution in [0.3, 0.4) is 0 Å². The molecule has 8 heteroatoms. The first kappa shape index (κ1) is 19.6. The first-order chi connectivity index (χ1) is 14.6. The molecule has 1 amide bonds. The van der Waals surface area contributed by atoms with Gasteiger partial charge in [0.05, 0.1) is 31.9 Å². The van der Waals surface area contributed by atoms with Gasteiger partial charge in [-0.15, -0.1) is 0 Å². The van der Waals surface area contributed by atoms with E-state index in [2.05, 4.69) is 10.4 Å². The Morgan fingerprint density at radius 1 is 1.07 bits per heavy atom. The minimum atomic E-state index is -0.407. The highest BCUT2D eigenvalue weighted by Gasteiger charge is 2.20. The highest BCUT2D eigenvalue weighted by molar-refractivity contribution is 6.30. The number of hydrogen-bond donors (Lipinski definition) is 1. The number of nitrogens with one attached hydrogen (secondary N) is 1. The molecule has 2 heterocycles. The first-order valence-corrected chi connectivity index (χ1v) is 9.40. The lowest BCUT2D eigenvalue weighted by Gasteiger charge is -2.11. The van der Waals surface area contributed by atoms with Gasteiger partial charge in [0.1, 0.15) is 17.2 Å². The zero-order chi connectivity index (χ0) is 21.1. The van der Waals surface area contributed by atoms with Gasteiger partial charge in [-0.2, -0.15) is 5.10 Å². The molecule has 30 heavy (non-hydrogen) atoms. The quantitative estimate of drug-likeness (QED) is 0.469. The summed E-state index contributed by atoms with van der Waals surface area (Å²) in [5, 5.41) is 7.87. The fourth-order valence-electron chi connectivity index (χ4n) is 2.99. The minimum Gasteiger partial charge on any atom is -0.497 e. The van der Waals surface area contributed by atoms with Crippen LogP contribution in [0.5, 0.6) is 11.5 Å². The third-order valence-corrected chi connectivity index (χ3v) is 4.66. The van der Waals surface area contributed by atoms with Crippen LogP contribution in [0.25, 0.3) is 17.1 Å². The van der Waals surface area contributed by atoms with Crippen LogP contribution in [0.15, 0.2) is 71.3 Å². The number of halogens is 1. The Morgan fingerprint density at radius 2 is 1.93 bits per heavy atom. The van der Waals surface area contributed by atoms with Gasteiger partial charge in [-0.05, 0) is 42.5 Å². The topological polar surface area (TPSA) is 78.5 Å². The average molecular weight is 424 g/mol. The lowest BCUT2D eigenvalue weighted by atomic mass is 10.2. The molecule has 4 aromatic rings. The van der Waals surface area contributed by atoms with E-state index in [4.69, 9.17) is 25.5 Å². The van der Waals surface area contributed by atoms with E-state index in [1.54, 1.807) is 66.6 Å². The number of amides is 1. The Kier molecular flexibility index (Phi) is 5.45. The van der Waals surface area contributed by atoms with E-state index in [9.17, 15) is 4.79 Å². The summed E-state index contributed by atoms with van der Waals surface area (Å²) in [6.07, 6.45) is 1.56. The lowest BCUT2D eigenvalue weighted by molar-refractivity contribution is 0.102. The summed E-state index contributed by atoms with van der Waals surface area (Å²) < 4.78 is 17.7. The molecular formula is C22H18ClN3O4. The molecule has 0 saturated heterocycles. The van der Waals surface area contributed by atoms with E-state index in [0.717, 1.165) is 0 Å². The summed E-state index contributed by atoms with van der Waals surface area (Å²) in [5.41, 5.74) is 1.99. The Balaban J connectivity index is 1.73.